The second kappa shape index (κ2) is 8.27. The molecule has 1 N–H and O–H groups in total. The molecule has 0 bridgehead atoms. The molecule has 0 unspecified atom stereocenters. The fourth-order valence-electron chi connectivity index (χ4n) is 0.614. The molecule has 0 atom stereocenters. The lowest BCUT2D eigenvalue weighted by Crippen LogP contribution is -2.13. The van der Waals surface area contributed by atoms with E-state index in [-0.39, 0.29) is 19.8 Å². The van der Waals surface area contributed by atoms with Gasteiger partial charge in [-0.25, -0.2) is 14.4 Å². The van der Waals surface area contributed by atoms with Crippen LogP contribution in [0.2, 0.25) is 0 Å². The maximum absolute atomic E-state index is 10.8. The summed E-state index contributed by atoms with van der Waals surface area (Å²) in [6, 6.07) is 0. The van der Waals surface area contributed by atoms with E-state index in [9.17, 15) is 14.4 Å². The van der Waals surface area contributed by atoms with Crippen molar-refractivity contribution in [1.82, 2.24) is 0 Å². The summed E-state index contributed by atoms with van der Waals surface area (Å²) in [5, 5.41) is 8.19. The minimum atomic E-state index is -1.25. The normalized spacial score (nSPS) is 9.81. The average molecular weight is 232 g/mol. The van der Waals surface area contributed by atoms with Crippen molar-refractivity contribution in [1.29, 1.82) is 0 Å². The Bertz CT molecular complexity index is 282. The van der Waals surface area contributed by atoms with E-state index in [0.29, 0.717) is 6.08 Å². The zero-order valence-electron chi connectivity index (χ0n) is 8.67. The summed E-state index contributed by atoms with van der Waals surface area (Å²) in [5.74, 6) is -2.07. The van der Waals surface area contributed by atoms with Gasteiger partial charge in [0.15, 0.2) is 0 Å². The van der Waals surface area contributed by atoms with Crippen molar-refractivity contribution >= 4 is 18.1 Å². The molecule has 0 rings (SSSR count). The summed E-state index contributed by atoms with van der Waals surface area (Å²) in [6.45, 7) is 1.51. The van der Waals surface area contributed by atoms with Gasteiger partial charge in [0.2, 0.25) is 0 Å². The molecule has 0 aliphatic heterocycles. The van der Waals surface area contributed by atoms with Crippen LogP contribution in [0.3, 0.4) is 0 Å². The van der Waals surface area contributed by atoms with Crippen molar-refractivity contribution in [3.8, 4) is 0 Å². The molecule has 0 saturated heterocycles. The van der Waals surface area contributed by atoms with Gasteiger partial charge in [0, 0.05) is 12.2 Å². The van der Waals surface area contributed by atoms with Crippen LogP contribution in [0, 0.1) is 0 Å². The molecule has 0 aliphatic carbocycles. The van der Waals surface area contributed by atoms with Crippen molar-refractivity contribution < 1.29 is 33.7 Å². The number of carbonyl (C=O) groups is 3. The maximum Gasteiger partial charge on any atom is 0.508 e. The predicted octanol–water partition coefficient (Wildman–Crippen LogP) is 0.343. The molecule has 90 valence electrons. The Hall–Kier alpha value is -2.05. The molecule has 0 heterocycles. The zero-order valence-corrected chi connectivity index (χ0v) is 8.67. The molecule has 0 aromatic rings. The van der Waals surface area contributed by atoms with Gasteiger partial charge in [0.05, 0.1) is 6.61 Å². The van der Waals surface area contributed by atoms with Crippen molar-refractivity contribution in [2.45, 2.75) is 6.92 Å². The van der Waals surface area contributed by atoms with Crippen LogP contribution in [0.4, 0.5) is 4.79 Å². The summed E-state index contributed by atoms with van der Waals surface area (Å²) in [7, 11) is 0. The first-order chi connectivity index (χ1) is 7.56. The van der Waals surface area contributed by atoms with Crippen molar-refractivity contribution in [2.75, 3.05) is 19.8 Å². The van der Waals surface area contributed by atoms with Gasteiger partial charge in [0.25, 0.3) is 0 Å². The quantitative estimate of drug-likeness (QED) is 0.400. The molecule has 0 saturated carbocycles. The summed E-state index contributed by atoms with van der Waals surface area (Å²) < 4.78 is 13.4. The lowest BCUT2D eigenvalue weighted by molar-refractivity contribution is -0.139. The maximum atomic E-state index is 10.8. The SMILES string of the molecule is CCOC(=O)OCCOC(=O)C=CC(=O)O. The van der Waals surface area contributed by atoms with E-state index in [0.717, 1.165) is 6.08 Å². The van der Waals surface area contributed by atoms with E-state index in [2.05, 4.69) is 14.2 Å². The van der Waals surface area contributed by atoms with Crippen LogP contribution in [0.25, 0.3) is 0 Å². The molecule has 0 aromatic heterocycles. The van der Waals surface area contributed by atoms with Crippen LogP contribution in [0.1, 0.15) is 6.92 Å². The van der Waals surface area contributed by atoms with Gasteiger partial charge in [-0.05, 0) is 6.92 Å². The fourth-order valence-corrected chi connectivity index (χ4v) is 0.614. The van der Waals surface area contributed by atoms with Crippen molar-refractivity contribution in [3.63, 3.8) is 0 Å². The number of hydrogen-bond donors (Lipinski definition) is 1. The van der Waals surface area contributed by atoms with E-state index in [4.69, 9.17) is 5.11 Å². The van der Waals surface area contributed by atoms with Crippen LogP contribution in [0.15, 0.2) is 12.2 Å². The number of esters is 1. The van der Waals surface area contributed by atoms with Gasteiger partial charge >= 0.3 is 18.1 Å². The van der Waals surface area contributed by atoms with E-state index < -0.39 is 18.1 Å². The van der Waals surface area contributed by atoms with Crippen LogP contribution < -0.4 is 0 Å². The Morgan fingerprint density at radius 2 is 1.69 bits per heavy atom. The number of hydrogen-bond acceptors (Lipinski definition) is 6. The summed E-state index contributed by atoms with van der Waals surface area (Å²) in [6.07, 6.45) is 0.556. The van der Waals surface area contributed by atoms with Crippen LogP contribution in [-0.4, -0.2) is 43.0 Å². The molecule has 16 heavy (non-hydrogen) atoms. The van der Waals surface area contributed by atoms with E-state index >= 15 is 0 Å². The number of carboxylic acids is 1. The van der Waals surface area contributed by atoms with Crippen molar-refractivity contribution in [2.24, 2.45) is 0 Å². The number of carbonyl (C=O) groups excluding carboxylic acids is 2. The van der Waals surface area contributed by atoms with Crippen LogP contribution in [0.5, 0.6) is 0 Å². The number of aliphatic carboxylic acids is 1. The molecular formula is C9H12O7. The van der Waals surface area contributed by atoms with E-state index in [1.165, 1.54) is 0 Å². The highest BCUT2D eigenvalue weighted by Gasteiger charge is 2.03. The highest BCUT2D eigenvalue weighted by molar-refractivity contribution is 5.90. The zero-order chi connectivity index (χ0) is 12.4. The molecular weight excluding hydrogens is 220 g/mol. The van der Waals surface area contributed by atoms with E-state index in [1.54, 1.807) is 6.92 Å². The van der Waals surface area contributed by atoms with Gasteiger partial charge < -0.3 is 19.3 Å². The lowest BCUT2D eigenvalue weighted by Gasteiger charge is -2.04. The average Bonchev–Trinajstić information content (AvgIpc) is 2.22. The fraction of sp³-hybridized carbons (Fsp3) is 0.444. The Labute approximate surface area is 91.6 Å². The Kier molecular flexibility index (Phi) is 7.21. The number of rotatable bonds is 6. The number of carboxylic acid groups (broad SMARTS) is 1. The highest BCUT2D eigenvalue weighted by atomic mass is 16.7. The van der Waals surface area contributed by atoms with Crippen molar-refractivity contribution in [3.05, 3.63) is 12.2 Å². The Morgan fingerprint density at radius 3 is 2.25 bits per heavy atom. The molecule has 0 aromatic carbocycles. The predicted molar refractivity (Wildman–Crippen MR) is 50.7 cm³/mol. The third-order valence-electron chi connectivity index (χ3n) is 1.17. The monoisotopic (exact) mass is 232 g/mol. The number of ether oxygens (including phenoxy) is 3. The van der Waals surface area contributed by atoms with Gasteiger partial charge in [0.1, 0.15) is 13.2 Å². The molecule has 0 radical (unpaired) electrons. The molecule has 0 fully saturated rings. The second-order valence-electron chi connectivity index (χ2n) is 2.37. The molecule has 7 nitrogen and oxygen atoms in total. The highest BCUT2D eigenvalue weighted by Crippen LogP contribution is 1.87. The summed E-state index contributed by atoms with van der Waals surface area (Å²) >= 11 is 0. The largest absolute Gasteiger partial charge is 0.508 e. The first kappa shape index (κ1) is 13.9. The smallest absolute Gasteiger partial charge is 0.478 e. The van der Waals surface area contributed by atoms with E-state index in [1.807, 2.05) is 0 Å². The molecule has 7 heteroatoms. The standard InChI is InChI=1S/C9H12O7/c1-2-14-9(13)16-6-5-15-8(12)4-3-7(10)11/h3-4H,2,5-6H2,1H3,(H,10,11). The van der Waals surface area contributed by atoms with Gasteiger partial charge in [-0.2, -0.15) is 0 Å². The lowest BCUT2D eigenvalue weighted by atomic mass is 10.5. The van der Waals surface area contributed by atoms with Gasteiger partial charge in [-0.1, -0.05) is 0 Å². The second-order valence-corrected chi connectivity index (χ2v) is 2.37. The minimum Gasteiger partial charge on any atom is -0.478 e. The third kappa shape index (κ3) is 8.54. The molecule has 0 amide bonds. The molecule has 0 spiro atoms. The third-order valence-corrected chi connectivity index (χ3v) is 1.17. The summed E-state index contributed by atoms with van der Waals surface area (Å²) in [4.78, 5) is 31.4. The Morgan fingerprint density at radius 1 is 1.06 bits per heavy atom. The first-order valence-electron chi connectivity index (χ1n) is 4.43. The van der Waals surface area contributed by atoms with Gasteiger partial charge in [-0.15, -0.1) is 0 Å². The molecule has 0 aliphatic rings. The first-order valence-corrected chi connectivity index (χ1v) is 4.43. The Balaban J connectivity index is 3.55. The van der Waals surface area contributed by atoms with Crippen LogP contribution >= 0.6 is 0 Å². The topological polar surface area (TPSA) is 99.1 Å². The van der Waals surface area contributed by atoms with Crippen LogP contribution in [-0.2, 0) is 23.8 Å². The van der Waals surface area contributed by atoms with Gasteiger partial charge in [-0.3, -0.25) is 0 Å². The minimum absolute atomic E-state index is 0.147. The summed E-state index contributed by atoms with van der Waals surface area (Å²) in [5.41, 5.74) is 0.